The fourth-order valence-corrected chi connectivity index (χ4v) is 3.02. The lowest BCUT2D eigenvalue weighted by atomic mass is 10.2. The molecule has 0 unspecified atom stereocenters. The van der Waals surface area contributed by atoms with Crippen LogP contribution in [0.2, 0.25) is 0 Å². The molecule has 7 nitrogen and oxygen atoms in total. The number of pyridine rings is 1. The Morgan fingerprint density at radius 2 is 1.88 bits per heavy atom. The smallest absolute Gasteiger partial charge is 0.325 e. The Bertz CT molecular complexity index is 1140. The van der Waals surface area contributed by atoms with Crippen molar-refractivity contribution < 1.29 is 4.79 Å². The normalized spacial score (nSPS) is 10.9. The summed E-state index contributed by atoms with van der Waals surface area (Å²) in [5.74, 6) is -0.438. The summed E-state index contributed by atoms with van der Waals surface area (Å²) in [6.07, 6.45) is 0. The van der Waals surface area contributed by atoms with Crippen LogP contribution in [-0.4, -0.2) is 20.0 Å². The van der Waals surface area contributed by atoms with Gasteiger partial charge in [-0.25, -0.2) is 9.78 Å². The van der Waals surface area contributed by atoms with Crippen LogP contribution < -0.4 is 16.6 Å². The number of hydrogen-bond acceptors (Lipinski definition) is 4. The topological polar surface area (TPSA) is 86.0 Å². The van der Waals surface area contributed by atoms with Crippen molar-refractivity contribution >= 4 is 22.6 Å². The maximum atomic E-state index is 12.8. The second kappa shape index (κ2) is 6.59. The van der Waals surface area contributed by atoms with E-state index in [0.717, 1.165) is 21.4 Å². The van der Waals surface area contributed by atoms with E-state index in [0.29, 0.717) is 16.7 Å². The Balaban J connectivity index is 2.04. The molecule has 3 aromatic rings. The molecule has 0 bridgehead atoms. The standard InChI is InChI=1S/C19H20N4O3/c1-11-6-5-7-14(8-11)21-15(24)10-23-18(25)16-12(2)9-13(3)20-17(16)22(4)19(23)26/h5-9H,10H2,1-4H3,(H,21,24). The highest BCUT2D eigenvalue weighted by molar-refractivity contribution is 5.90. The number of aryl methyl sites for hydroxylation is 4. The zero-order valence-corrected chi connectivity index (χ0v) is 15.2. The van der Waals surface area contributed by atoms with E-state index < -0.39 is 17.2 Å². The van der Waals surface area contributed by atoms with Crippen LogP contribution in [0.25, 0.3) is 11.0 Å². The summed E-state index contributed by atoms with van der Waals surface area (Å²) < 4.78 is 2.24. The summed E-state index contributed by atoms with van der Waals surface area (Å²) in [4.78, 5) is 42.0. The lowest BCUT2D eigenvalue weighted by molar-refractivity contribution is -0.116. The molecular formula is C19H20N4O3. The molecule has 3 rings (SSSR count). The predicted octanol–water partition coefficient (Wildman–Crippen LogP) is 1.66. The first kappa shape index (κ1) is 17.6. The minimum atomic E-state index is -0.570. The maximum absolute atomic E-state index is 12.8. The number of benzene rings is 1. The molecule has 0 fully saturated rings. The third-order valence-electron chi connectivity index (χ3n) is 4.22. The molecule has 1 amide bonds. The summed E-state index contributed by atoms with van der Waals surface area (Å²) in [7, 11) is 1.55. The lowest BCUT2D eigenvalue weighted by Gasteiger charge is -2.12. The molecule has 2 aromatic heterocycles. The first-order valence-electron chi connectivity index (χ1n) is 8.22. The summed E-state index contributed by atoms with van der Waals surface area (Å²) in [6.45, 7) is 5.15. The van der Waals surface area contributed by atoms with E-state index >= 15 is 0 Å². The fourth-order valence-electron chi connectivity index (χ4n) is 3.02. The number of nitrogens with one attached hydrogen (secondary N) is 1. The highest BCUT2D eigenvalue weighted by Crippen LogP contribution is 2.12. The van der Waals surface area contributed by atoms with Crippen molar-refractivity contribution in [2.75, 3.05) is 5.32 Å². The van der Waals surface area contributed by atoms with E-state index in [1.54, 1.807) is 33.0 Å². The van der Waals surface area contributed by atoms with Gasteiger partial charge in [-0.1, -0.05) is 12.1 Å². The lowest BCUT2D eigenvalue weighted by Crippen LogP contribution is -2.42. The summed E-state index contributed by atoms with van der Waals surface area (Å²) in [5.41, 5.74) is 2.31. The van der Waals surface area contributed by atoms with Gasteiger partial charge < -0.3 is 5.32 Å². The van der Waals surface area contributed by atoms with E-state index in [9.17, 15) is 14.4 Å². The van der Waals surface area contributed by atoms with Crippen LogP contribution in [0, 0.1) is 20.8 Å². The first-order chi connectivity index (χ1) is 12.3. The molecule has 2 heterocycles. The van der Waals surface area contributed by atoms with Crippen LogP contribution >= 0.6 is 0 Å². The zero-order chi connectivity index (χ0) is 19.0. The number of hydrogen-bond donors (Lipinski definition) is 1. The Morgan fingerprint density at radius 3 is 2.58 bits per heavy atom. The molecule has 0 saturated carbocycles. The molecule has 1 N–H and O–H groups in total. The van der Waals surface area contributed by atoms with E-state index in [4.69, 9.17) is 0 Å². The number of carbonyl (C=O) groups is 1. The maximum Gasteiger partial charge on any atom is 0.332 e. The van der Waals surface area contributed by atoms with Crippen LogP contribution in [0.3, 0.4) is 0 Å². The van der Waals surface area contributed by atoms with Crippen molar-refractivity contribution in [3.8, 4) is 0 Å². The van der Waals surface area contributed by atoms with Crippen LogP contribution in [0.1, 0.15) is 16.8 Å². The average molecular weight is 352 g/mol. The van der Waals surface area contributed by atoms with Crippen molar-refractivity contribution in [1.29, 1.82) is 0 Å². The van der Waals surface area contributed by atoms with Crippen molar-refractivity contribution in [3.05, 3.63) is 68.0 Å². The van der Waals surface area contributed by atoms with Gasteiger partial charge in [0, 0.05) is 18.4 Å². The van der Waals surface area contributed by atoms with Crippen molar-refractivity contribution in [1.82, 2.24) is 14.1 Å². The molecule has 0 aliphatic heterocycles. The van der Waals surface area contributed by atoms with E-state index in [1.807, 2.05) is 25.1 Å². The fraction of sp³-hybridized carbons (Fsp3) is 0.263. The van der Waals surface area contributed by atoms with Gasteiger partial charge in [0.25, 0.3) is 5.56 Å². The van der Waals surface area contributed by atoms with E-state index in [2.05, 4.69) is 10.3 Å². The van der Waals surface area contributed by atoms with Gasteiger partial charge in [-0.3, -0.25) is 18.7 Å². The molecule has 0 aliphatic rings. The van der Waals surface area contributed by atoms with Gasteiger partial charge in [0.05, 0.1) is 5.39 Å². The number of rotatable bonds is 3. The molecule has 7 heteroatoms. The second-order valence-corrected chi connectivity index (χ2v) is 6.43. The number of anilines is 1. The van der Waals surface area contributed by atoms with Gasteiger partial charge in [0.1, 0.15) is 12.2 Å². The molecule has 134 valence electrons. The Kier molecular flexibility index (Phi) is 4.46. The summed E-state index contributed by atoms with van der Waals surface area (Å²) in [5, 5.41) is 3.06. The Morgan fingerprint density at radius 1 is 1.15 bits per heavy atom. The van der Waals surface area contributed by atoms with Crippen LogP contribution in [0.4, 0.5) is 5.69 Å². The van der Waals surface area contributed by atoms with E-state index in [-0.39, 0.29) is 6.54 Å². The second-order valence-electron chi connectivity index (χ2n) is 6.43. The predicted molar refractivity (Wildman–Crippen MR) is 101 cm³/mol. The van der Waals surface area contributed by atoms with Gasteiger partial charge >= 0.3 is 5.69 Å². The molecule has 0 aliphatic carbocycles. The molecule has 0 spiro atoms. The van der Waals surface area contributed by atoms with Gasteiger partial charge in [-0.15, -0.1) is 0 Å². The minimum Gasteiger partial charge on any atom is -0.325 e. The molecular weight excluding hydrogens is 332 g/mol. The highest BCUT2D eigenvalue weighted by Gasteiger charge is 2.16. The highest BCUT2D eigenvalue weighted by atomic mass is 16.2. The summed E-state index contributed by atoms with van der Waals surface area (Å²) >= 11 is 0. The molecule has 26 heavy (non-hydrogen) atoms. The molecule has 1 aromatic carbocycles. The Labute approximate surface area is 149 Å². The first-order valence-corrected chi connectivity index (χ1v) is 8.22. The summed E-state index contributed by atoms with van der Waals surface area (Å²) in [6, 6.07) is 9.09. The van der Waals surface area contributed by atoms with Crippen LogP contribution in [-0.2, 0) is 18.4 Å². The minimum absolute atomic E-state index is 0.327. The largest absolute Gasteiger partial charge is 0.332 e. The van der Waals surface area contributed by atoms with Gasteiger partial charge in [0.2, 0.25) is 5.91 Å². The van der Waals surface area contributed by atoms with Crippen molar-refractivity contribution in [3.63, 3.8) is 0 Å². The number of fused-ring (bicyclic) bond motifs is 1. The average Bonchev–Trinajstić information content (AvgIpc) is 2.56. The van der Waals surface area contributed by atoms with Gasteiger partial charge in [0.15, 0.2) is 0 Å². The third-order valence-corrected chi connectivity index (χ3v) is 4.22. The molecule has 0 saturated heterocycles. The van der Waals surface area contributed by atoms with Gasteiger partial charge in [-0.05, 0) is 50.1 Å². The number of amides is 1. The molecule has 0 atom stereocenters. The third kappa shape index (κ3) is 3.15. The number of nitrogens with zero attached hydrogens (tertiary/aromatic N) is 3. The number of aromatic nitrogens is 3. The van der Waals surface area contributed by atoms with Crippen LogP contribution in [0.5, 0.6) is 0 Å². The Hall–Kier alpha value is -3.22. The SMILES string of the molecule is Cc1cccc(NC(=O)Cn2c(=O)c3c(C)cc(C)nc3n(C)c2=O)c1. The monoisotopic (exact) mass is 352 g/mol. The quantitative estimate of drug-likeness (QED) is 0.777. The van der Waals surface area contributed by atoms with Gasteiger partial charge in [-0.2, -0.15) is 0 Å². The zero-order valence-electron chi connectivity index (χ0n) is 15.2. The number of carbonyl (C=O) groups excluding carboxylic acids is 1. The van der Waals surface area contributed by atoms with Crippen molar-refractivity contribution in [2.45, 2.75) is 27.3 Å². The van der Waals surface area contributed by atoms with E-state index in [1.165, 1.54) is 4.57 Å². The van der Waals surface area contributed by atoms with Crippen LogP contribution in [0.15, 0.2) is 39.9 Å². The van der Waals surface area contributed by atoms with Crippen molar-refractivity contribution in [2.24, 2.45) is 7.05 Å². The molecule has 0 radical (unpaired) electrons.